The first-order chi connectivity index (χ1) is 8.56. The summed E-state index contributed by atoms with van der Waals surface area (Å²) in [6.45, 7) is 4.12. The second-order valence-electron chi connectivity index (χ2n) is 4.11. The van der Waals surface area contributed by atoms with Gasteiger partial charge in [0.1, 0.15) is 29.8 Å². The number of aromatic carboxylic acids is 1. The number of hydrogen-bond donors (Lipinski definition) is 0. The number of benzene rings is 1. The highest BCUT2D eigenvalue weighted by molar-refractivity contribution is 5.82. The summed E-state index contributed by atoms with van der Waals surface area (Å²) >= 11 is 0. The highest BCUT2D eigenvalue weighted by Gasteiger charge is 2.05. The molecule has 0 unspecified atom stereocenters. The first-order valence-corrected chi connectivity index (χ1v) is 5.56. The molecule has 0 atom stereocenters. The Bertz CT molecular complexity index is 569. The lowest BCUT2D eigenvalue weighted by Crippen LogP contribution is -2.21. The minimum Gasteiger partial charge on any atom is -0.542 e. The number of carbonyl (C=O) groups excluding carboxylic acids is 1. The summed E-state index contributed by atoms with van der Waals surface area (Å²) in [5.41, 5.74) is 2.12. The molecule has 0 amide bonds. The van der Waals surface area contributed by atoms with Crippen molar-refractivity contribution in [3.8, 4) is 5.75 Å². The predicted molar refractivity (Wildman–Crippen MR) is 63.3 cm³/mol. The van der Waals surface area contributed by atoms with Gasteiger partial charge in [0.15, 0.2) is 0 Å². The summed E-state index contributed by atoms with van der Waals surface area (Å²) in [5.74, 6) is -0.293. The van der Waals surface area contributed by atoms with Gasteiger partial charge >= 0.3 is 0 Å². The van der Waals surface area contributed by atoms with Crippen molar-refractivity contribution >= 4 is 5.97 Å². The van der Waals surface area contributed by atoms with E-state index in [2.05, 4.69) is 0 Å². The Morgan fingerprint density at radius 1 is 1.28 bits per heavy atom. The van der Waals surface area contributed by atoms with Crippen molar-refractivity contribution in [2.24, 2.45) is 0 Å². The van der Waals surface area contributed by atoms with Gasteiger partial charge in [0, 0.05) is 0 Å². The smallest absolute Gasteiger partial charge is 0.149 e. The van der Waals surface area contributed by atoms with Crippen LogP contribution in [0.1, 0.15) is 27.4 Å². The van der Waals surface area contributed by atoms with E-state index in [1.165, 1.54) is 6.07 Å². The third-order valence-electron chi connectivity index (χ3n) is 2.58. The molecule has 1 aromatic carbocycles. The Labute approximate surface area is 105 Å². The van der Waals surface area contributed by atoms with Crippen LogP contribution < -0.4 is 9.84 Å². The second-order valence-corrected chi connectivity index (χ2v) is 4.11. The molecule has 4 nitrogen and oxygen atoms in total. The van der Waals surface area contributed by atoms with E-state index >= 15 is 0 Å². The van der Waals surface area contributed by atoms with Crippen molar-refractivity contribution < 1.29 is 19.1 Å². The van der Waals surface area contributed by atoms with Crippen molar-refractivity contribution in [1.82, 2.24) is 0 Å². The van der Waals surface area contributed by atoms with Crippen molar-refractivity contribution in [2.75, 3.05) is 0 Å². The topological polar surface area (TPSA) is 62.5 Å². The van der Waals surface area contributed by atoms with Crippen LogP contribution in [0.2, 0.25) is 0 Å². The molecule has 0 aliphatic rings. The van der Waals surface area contributed by atoms with Gasteiger partial charge in [0.05, 0.1) is 0 Å². The second kappa shape index (κ2) is 4.96. The molecule has 1 aromatic heterocycles. The Morgan fingerprint density at radius 3 is 2.72 bits per heavy atom. The largest absolute Gasteiger partial charge is 0.542 e. The highest BCUT2D eigenvalue weighted by atomic mass is 16.5. The number of ether oxygens (including phenoxy) is 1. The van der Waals surface area contributed by atoms with Crippen LogP contribution in [0.4, 0.5) is 0 Å². The third-order valence-corrected chi connectivity index (χ3v) is 2.58. The molecule has 1 heterocycles. The Hall–Kier alpha value is -2.23. The number of hydrogen-bond acceptors (Lipinski definition) is 4. The number of carboxylic acid groups (broad SMARTS) is 1. The van der Waals surface area contributed by atoms with Gasteiger partial charge in [-0.2, -0.15) is 0 Å². The van der Waals surface area contributed by atoms with E-state index in [1.807, 2.05) is 32.0 Å². The molecular weight excluding hydrogens is 232 g/mol. The van der Waals surface area contributed by atoms with Gasteiger partial charge in [-0.1, -0.05) is 12.1 Å². The van der Waals surface area contributed by atoms with Crippen LogP contribution in [0.5, 0.6) is 5.75 Å². The summed E-state index contributed by atoms with van der Waals surface area (Å²) in [6, 6.07) is 8.83. The summed E-state index contributed by atoms with van der Waals surface area (Å²) in [5, 5.41) is 10.5. The van der Waals surface area contributed by atoms with E-state index < -0.39 is 5.97 Å². The first kappa shape index (κ1) is 12.2. The average Bonchev–Trinajstić information content (AvgIpc) is 2.79. The molecule has 4 heteroatoms. The lowest BCUT2D eigenvalue weighted by atomic mass is 10.1. The van der Waals surface area contributed by atoms with E-state index in [1.54, 1.807) is 6.07 Å². The number of aryl methyl sites for hydroxylation is 2. The Balaban J connectivity index is 2.06. The zero-order chi connectivity index (χ0) is 13.1. The maximum atomic E-state index is 10.5. The van der Waals surface area contributed by atoms with E-state index in [0.29, 0.717) is 5.76 Å². The Kier molecular flexibility index (Phi) is 3.37. The van der Waals surface area contributed by atoms with Crippen LogP contribution >= 0.6 is 0 Å². The number of furan rings is 1. The average molecular weight is 245 g/mol. The van der Waals surface area contributed by atoms with E-state index in [0.717, 1.165) is 16.9 Å². The van der Waals surface area contributed by atoms with Crippen LogP contribution in [0.15, 0.2) is 34.7 Å². The van der Waals surface area contributed by atoms with Gasteiger partial charge in [-0.25, -0.2) is 0 Å². The Morgan fingerprint density at radius 2 is 2.06 bits per heavy atom. The van der Waals surface area contributed by atoms with Crippen LogP contribution in [-0.4, -0.2) is 5.97 Å². The lowest BCUT2D eigenvalue weighted by molar-refractivity contribution is -0.257. The zero-order valence-corrected chi connectivity index (χ0v) is 10.2. The zero-order valence-electron chi connectivity index (χ0n) is 10.2. The normalized spacial score (nSPS) is 10.3. The molecule has 0 N–H and O–H groups in total. The van der Waals surface area contributed by atoms with Crippen LogP contribution in [0.3, 0.4) is 0 Å². The van der Waals surface area contributed by atoms with E-state index in [4.69, 9.17) is 9.15 Å². The first-order valence-electron chi connectivity index (χ1n) is 5.56. The predicted octanol–water partition coefficient (Wildman–Crippen LogP) is 1.84. The molecule has 0 bridgehead atoms. The number of rotatable bonds is 4. The molecule has 0 saturated heterocycles. The van der Waals surface area contributed by atoms with Crippen molar-refractivity contribution in [2.45, 2.75) is 20.5 Å². The van der Waals surface area contributed by atoms with E-state index in [-0.39, 0.29) is 12.4 Å². The van der Waals surface area contributed by atoms with Crippen molar-refractivity contribution in [1.29, 1.82) is 0 Å². The maximum Gasteiger partial charge on any atom is 0.149 e. The molecule has 0 aliphatic heterocycles. The SMILES string of the molecule is Cc1ccc(C)c(OCc2ccc(C(=O)[O-])o2)c1. The van der Waals surface area contributed by atoms with Crippen molar-refractivity contribution in [3.05, 3.63) is 53.0 Å². The fourth-order valence-electron chi connectivity index (χ4n) is 1.58. The van der Waals surface area contributed by atoms with Gasteiger partial charge in [-0.05, 0) is 43.2 Å². The van der Waals surface area contributed by atoms with Crippen molar-refractivity contribution in [3.63, 3.8) is 0 Å². The molecule has 0 aliphatic carbocycles. The molecule has 94 valence electrons. The number of carbonyl (C=O) groups is 1. The van der Waals surface area contributed by atoms with Gasteiger partial charge in [-0.15, -0.1) is 0 Å². The quantitative estimate of drug-likeness (QED) is 0.824. The molecule has 2 rings (SSSR count). The summed E-state index contributed by atoms with van der Waals surface area (Å²) in [4.78, 5) is 10.5. The van der Waals surface area contributed by atoms with Gasteiger partial charge in [-0.3, -0.25) is 0 Å². The summed E-state index contributed by atoms with van der Waals surface area (Å²) < 4.78 is 10.6. The van der Waals surface area contributed by atoms with Crippen LogP contribution in [0.25, 0.3) is 0 Å². The van der Waals surface area contributed by atoms with Crippen LogP contribution in [-0.2, 0) is 6.61 Å². The maximum absolute atomic E-state index is 10.5. The molecule has 0 spiro atoms. The molecule has 0 saturated carbocycles. The minimum atomic E-state index is -1.33. The molecule has 0 radical (unpaired) electrons. The molecule has 18 heavy (non-hydrogen) atoms. The fourth-order valence-corrected chi connectivity index (χ4v) is 1.58. The molecular formula is C14H13O4-. The van der Waals surface area contributed by atoms with Gasteiger partial charge in [0.2, 0.25) is 0 Å². The monoisotopic (exact) mass is 245 g/mol. The number of carboxylic acids is 1. The lowest BCUT2D eigenvalue weighted by Gasteiger charge is -2.08. The molecule has 0 fully saturated rings. The van der Waals surface area contributed by atoms with Gasteiger partial charge in [0.25, 0.3) is 0 Å². The minimum absolute atomic E-state index is 0.186. The fraction of sp³-hybridized carbons (Fsp3) is 0.214. The third kappa shape index (κ3) is 2.71. The standard InChI is InChI=1S/C14H14O4/c1-9-3-4-10(2)13(7-9)17-8-11-5-6-12(18-11)14(15)16/h3-7H,8H2,1-2H3,(H,15,16)/p-1. The highest BCUT2D eigenvalue weighted by Crippen LogP contribution is 2.20. The molecule has 2 aromatic rings. The van der Waals surface area contributed by atoms with Crippen LogP contribution in [0, 0.1) is 13.8 Å². The van der Waals surface area contributed by atoms with Gasteiger partial charge < -0.3 is 19.1 Å². The van der Waals surface area contributed by atoms with E-state index in [9.17, 15) is 9.90 Å². The summed E-state index contributed by atoms with van der Waals surface area (Å²) in [7, 11) is 0. The summed E-state index contributed by atoms with van der Waals surface area (Å²) in [6.07, 6.45) is 0.